The van der Waals surface area contributed by atoms with Crippen molar-refractivity contribution in [3.63, 3.8) is 0 Å². The van der Waals surface area contributed by atoms with Gasteiger partial charge >= 0.3 is 5.97 Å². The summed E-state index contributed by atoms with van der Waals surface area (Å²) in [7, 11) is 3.12. The van der Waals surface area contributed by atoms with Crippen LogP contribution >= 0.6 is 57.5 Å². The van der Waals surface area contributed by atoms with Crippen molar-refractivity contribution in [3.8, 4) is 23.0 Å². The number of benzene rings is 5. The van der Waals surface area contributed by atoms with E-state index in [0.717, 1.165) is 32.3 Å². The molecule has 294 valence electrons. The van der Waals surface area contributed by atoms with Gasteiger partial charge in [0.15, 0.2) is 5.75 Å². The first-order chi connectivity index (χ1) is 27.8. The van der Waals surface area contributed by atoms with Crippen molar-refractivity contribution in [1.29, 1.82) is 0 Å². The first kappa shape index (κ1) is 41.0. The van der Waals surface area contributed by atoms with E-state index in [1.807, 2.05) is 45.9 Å². The number of carbonyl (C=O) groups is 3. The first-order valence-electron chi connectivity index (χ1n) is 17.9. The fourth-order valence-electron chi connectivity index (χ4n) is 6.96. The lowest BCUT2D eigenvalue weighted by Gasteiger charge is -2.11. The number of thiophene rings is 2. The maximum atomic E-state index is 14.1. The van der Waals surface area contributed by atoms with E-state index < -0.39 is 5.97 Å². The Morgan fingerprint density at radius 2 is 1.22 bits per heavy atom. The number of methoxy groups -OCH3 is 2. The second-order valence-corrected chi connectivity index (χ2v) is 16.9. The number of ketones is 2. The molecule has 0 spiro atoms. The van der Waals surface area contributed by atoms with E-state index in [-0.39, 0.29) is 18.2 Å². The molecular weight excluding hydrogens is 835 g/mol. The van der Waals surface area contributed by atoms with Crippen molar-refractivity contribution in [3.05, 3.63) is 154 Å². The highest BCUT2D eigenvalue weighted by atomic mass is 35.5. The van der Waals surface area contributed by atoms with E-state index in [0.29, 0.717) is 80.2 Å². The van der Waals surface area contributed by atoms with Gasteiger partial charge in [-0.15, -0.1) is 22.7 Å². The van der Waals surface area contributed by atoms with Crippen molar-refractivity contribution >= 4 is 101 Å². The molecule has 0 saturated carbocycles. The molecule has 0 N–H and O–H groups in total. The van der Waals surface area contributed by atoms with Gasteiger partial charge in [0.2, 0.25) is 11.6 Å². The van der Waals surface area contributed by atoms with Crippen molar-refractivity contribution in [2.24, 2.45) is 0 Å². The van der Waals surface area contributed by atoms with Crippen LogP contribution in [0.25, 0.3) is 26.2 Å². The Kier molecular flexibility index (Phi) is 12.0. The molecule has 0 unspecified atom stereocenters. The predicted octanol–water partition coefficient (Wildman–Crippen LogP) is 13.3. The molecule has 7 nitrogen and oxygen atoms in total. The van der Waals surface area contributed by atoms with Crippen LogP contribution in [0.3, 0.4) is 0 Å². The molecule has 0 amide bonds. The summed E-state index contributed by atoms with van der Waals surface area (Å²) in [6.45, 7) is 7.30. The van der Waals surface area contributed by atoms with Gasteiger partial charge in [0.25, 0.3) is 0 Å². The Bertz CT molecular complexity index is 2770. The van der Waals surface area contributed by atoms with Gasteiger partial charge in [-0.1, -0.05) is 46.9 Å². The van der Waals surface area contributed by atoms with Gasteiger partial charge in [0, 0.05) is 53.0 Å². The van der Waals surface area contributed by atoms with Crippen LogP contribution in [0.5, 0.6) is 23.0 Å². The van der Waals surface area contributed by atoms with Crippen LogP contribution in [0.1, 0.15) is 63.9 Å². The summed E-state index contributed by atoms with van der Waals surface area (Å²) in [5, 5.41) is 2.87. The Hall–Kier alpha value is -5.16. The van der Waals surface area contributed by atoms with Crippen molar-refractivity contribution in [2.45, 2.75) is 34.3 Å². The Labute approximate surface area is 358 Å². The molecule has 2 aromatic heterocycles. The maximum absolute atomic E-state index is 14.1. The van der Waals surface area contributed by atoms with Crippen LogP contribution < -0.4 is 14.2 Å². The fourth-order valence-corrected chi connectivity index (χ4v) is 10.3. The lowest BCUT2D eigenvalue weighted by Crippen LogP contribution is -2.06. The monoisotopic (exact) mass is 868 g/mol. The van der Waals surface area contributed by atoms with Crippen LogP contribution in [0.2, 0.25) is 15.1 Å². The number of hydrogen-bond acceptors (Lipinski definition) is 9. The Balaban J connectivity index is 1.09. The fraction of sp³-hybridized carbons (Fsp3) is 0.152. The molecule has 0 fully saturated rings. The molecule has 0 aliphatic carbocycles. The predicted molar refractivity (Wildman–Crippen MR) is 236 cm³/mol. The number of rotatable bonds is 12. The minimum atomic E-state index is -0.582. The molecule has 0 atom stereocenters. The zero-order chi connectivity index (χ0) is 41.4. The van der Waals surface area contributed by atoms with E-state index in [1.165, 1.54) is 35.9 Å². The maximum Gasteiger partial charge on any atom is 0.331 e. The highest BCUT2D eigenvalue weighted by Crippen LogP contribution is 2.45. The summed E-state index contributed by atoms with van der Waals surface area (Å²) in [4.78, 5) is 41.7. The topological polar surface area (TPSA) is 88.1 Å². The second kappa shape index (κ2) is 17.0. The van der Waals surface area contributed by atoms with Crippen molar-refractivity contribution in [1.82, 2.24) is 0 Å². The summed E-state index contributed by atoms with van der Waals surface area (Å²) in [5.74, 6) is 1.16. The Morgan fingerprint density at radius 1 is 0.655 bits per heavy atom. The zero-order valence-corrected chi connectivity index (χ0v) is 36.1. The third kappa shape index (κ3) is 8.10. The lowest BCUT2D eigenvalue weighted by molar-refractivity contribution is -0.138. The number of carbonyl (C=O) groups excluding carboxylic acids is 3. The van der Waals surface area contributed by atoms with Crippen LogP contribution in [0.4, 0.5) is 0 Å². The van der Waals surface area contributed by atoms with Gasteiger partial charge in [-0.25, -0.2) is 4.79 Å². The third-order valence-corrected chi connectivity index (χ3v) is 13.0. The molecule has 7 aromatic rings. The average Bonchev–Trinajstić information content (AvgIpc) is 3.72. The van der Waals surface area contributed by atoms with Gasteiger partial charge in [0.05, 0.1) is 24.1 Å². The lowest BCUT2D eigenvalue weighted by atomic mass is 9.98. The van der Waals surface area contributed by atoms with Gasteiger partial charge in [-0.05, 0) is 128 Å². The number of ether oxygens (including phenoxy) is 4. The first-order valence-corrected chi connectivity index (χ1v) is 20.7. The molecule has 0 aliphatic rings. The molecule has 0 saturated heterocycles. The minimum Gasteiger partial charge on any atom is -0.497 e. The van der Waals surface area contributed by atoms with Crippen molar-refractivity contribution in [2.75, 3.05) is 14.2 Å². The molecule has 2 heterocycles. The van der Waals surface area contributed by atoms with Crippen molar-refractivity contribution < 1.29 is 33.3 Å². The van der Waals surface area contributed by atoms with Crippen LogP contribution in [0, 0.1) is 27.7 Å². The van der Waals surface area contributed by atoms with E-state index in [9.17, 15) is 14.4 Å². The largest absolute Gasteiger partial charge is 0.497 e. The van der Waals surface area contributed by atoms with Gasteiger partial charge in [-0.3, -0.25) is 9.59 Å². The van der Waals surface area contributed by atoms with Crippen LogP contribution in [0.15, 0.2) is 84.9 Å². The van der Waals surface area contributed by atoms with Gasteiger partial charge < -0.3 is 18.9 Å². The molecular formula is C46H35Cl3O7S2. The summed E-state index contributed by atoms with van der Waals surface area (Å²) < 4.78 is 24.7. The van der Waals surface area contributed by atoms with E-state index in [2.05, 4.69) is 0 Å². The summed E-state index contributed by atoms with van der Waals surface area (Å²) in [6.07, 6.45) is 2.96. The molecule has 58 heavy (non-hydrogen) atoms. The standard InChI is InChI=1S/C46H35Cl3O7S2/c1-23-17-28(47)18-24(2)38(23)41(51)45-40(49)33-14-15-35(54-6)34(44(33)58-45)22-55-37(50)16-9-27-7-10-30(11-8-27)56-43-32-13-12-31(53-5)21-36(32)57-46(43)42(52)39-25(3)19-29(48)20-26(39)4/h7-21H,22H2,1-6H3/b16-9+. The van der Waals surface area contributed by atoms with E-state index in [4.69, 9.17) is 53.8 Å². The van der Waals surface area contributed by atoms with E-state index in [1.54, 1.807) is 73.8 Å². The summed E-state index contributed by atoms with van der Waals surface area (Å²) >= 11 is 21.9. The van der Waals surface area contributed by atoms with E-state index >= 15 is 0 Å². The van der Waals surface area contributed by atoms with Crippen LogP contribution in [-0.4, -0.2) is 31.8 Å². The SMILES string of the molecule is COc1ccc2c(Oc3ccc(/C=C/C(=O)OCc4c(OC)ccc5c(Cl)c(C(=O)c6c(C)cc(Cl)cc6C)sc45)cc3)c(C(=O)c3c(C)cc(Cl)cc3C)sc2c1. The Morgan fingerprint density at radius 3 is 1.81 bits per heavy atom. The summed E-state index contributed by atoms with van der Waals surface area (Å²) in [6, 6.07) is 23.3. The number of halogens is 3. The van der Waals surface area contributed by atoms with Gasteiger partial charge in [-0.2, -0.15) is 0 Å². The number of aryl methyl sites for hydroxylation is 4. The molecule has 0 bridgehead atoms. The average molecular weight is 870 g/mol. The highest BCUT2D eigenvalue weighted by Gasteiger charge is 2.26. The molecule has 12 heteroatoms. The molecule has 0 radical (unpaired) electrons. The smallest absolute Gasteiger partial charge is 0.331 e. The molecule has 7 rings (SSSR count). The third-order valence-electron chi connectivity index (χ3n) is 9.66. The van der Waals surface area contributed by atoms with Crippen LogP contribution in [-0.2, 0) is 16.1 Å². The minimum absolute atomic E-state index is 0.115. The number of esters is 1. The second-order valence-electron chi connectivity index (χ2n) is 13.6. The highest BCUT2D eigenvalue weighted by molar-refractivity contribution is 7.22. The quantitative estimate of drug-likeness (QED) is 0.0686. The molecule has 5 aromatic carbocycles. The number of fused-ring (bicyclic) bond motifs is 2. The normalized spacial score (nSPS) is 11.4. The summed E-state index contributed by atoms with van der Waals surface area (Å²) in [5.41, 5.74) is 5.49. The number of hydrogen-bond donors (Lipinski definition) is 0. The van der Waals surface area contributed by atoms with Gasteiger partial charge in [0.1, 0.15) is 28.7 Å². The zero-order valence-electron chi connectivity index (χ0n) is 32.2. The molecule has 0 aliphatic heterocycles.